The second-order valence-corrected chi connectivity index (χ2v) is 4.50. The van der Waals surface area contributed by atoms with Crippen LogP contribution in [0.15, 0.2) is 22.7 Å². The molecule has 1 aromatic carbocycles. The highest BCUT2D eigenvalue weighted by atomic mass is 79.9. The van der Waals surface area contributed by atoms with E-state index in [9.17, 15) is 13.2 Å². The van der Waals surface area contributed by atoms with E-state index < -0.39 is 18.6 Å². The smallest absolute Gasteiger partial charge is 0.389 e. The van der Waals surface area contributed by atoms with Crippen molar-refractivity contribution >= 4 is 15.9 Å². The van der Waals surface area contributed by atoms with Crippen molar-refractivity contribution in [1.82, 2.24) is 0 Å². The van der Waals surface area contributed by atoms with Crippen LogP contribution >= 0.6 is 15.9 Å². The molecule has 2 nitrogen and oxygen atoms in total. The summed E-state index contributed by atoms with van der Waals surface area (Å²) in [4.78, 5) is 0. The molecule has 0 spiro atoms. The number of methoxy groups -OCH3 is 1. The Hall–Kier alpha value is -0.750. The molecule has 0 aliphatic carbocycles. The molecule has 1 atom stereocenters. The van der Waals surface area contributed by atoms with Crippen LogP contribution in [0.3, 0.4) is 0 Å². The molecular formula is C11H13BrF3NO. The maximum atomic E-state index is 12.1. The lowest BCUT2D eigenvalue weighted by molar-refractivity contribution is -0.136. The van der Waals surface area contributed by atoms with Crippen LogP contribution in [0.4, 0.5) is 13.2 Å². The molecule has 0 fully saturated rings. The molecule has 0 saturated heterocycles. The molecule has 1 aromatic rings. The summed E-state index contributed by atoms with van der Waals surface area (Å²) in [7, 11) is 1.49. The summed E-state index contributed by atoms with van der Waals surface area (Å²) in [5.41, 5.74) is 6.36. The van der Waals surface area contributed by atoms with E-state index in [1.165, 1.54) is 7.11 Å². The first-order valence-electron chi connectivity index (χ1n) is 4.99. The largest absolute Gasteiger partial charge is 0.497 e. The maximum absolute atomic E-state index is 12.1. The van der Waals surface area contributed by atoms with Gasteiger partial charge >= 0.3 is 6.18 Å². The first kappa shape index (κ1) is 14.3. The van der Waals surface area contributed by atoms with Gasteiger partial charge in [0.15, 0.2) is 0 Å². The lowest BCUT2D eigenvalue weighted by Gasteiger charge is -2.16. The molecule has 2 N–H and O–H groups in total. The average molecular weight is 312 g/mol. The van der Waals surface area contributed by atoms with Crippen molar-refractivity contribution in [2.24, 2.45) is 5.73 Å². The van der Waals surface area contributed by atoms with E-state index in [1.807, 2.05) is 0 Å². The summed E-state index contributed by atoms with van der Waals surface area (Å²) in [5, 5.41) is 0. The van der Waals surface area contributed by atoms with Crippen LogP contribution in [0.2, 0.25) is 0 Å². The van der Waals surface area contributed by atoms with E-state index >= 15 is 0 Å². The number of nitrogens with two attached hydrogens (primary N) is 1. The predicted octanol–water partition coefficient (Wildman–Crippen LogP) is 3.80. The summed E-state index contributed by atoms with van der Waals surface area (Å²) in [5.74, 6) is 0.575. The molecule has 6 heteroatoms. The second-order valence-electron chi connectivity index (χ2n) is 3.65. The number of hydrogen-bond acceptors (Lipinski definition) is 2. The van der Waals surface area contributed by atoms with Crippen molar-refractivity contribution in [1.29, 1.82) is 0 Å². The molecule has 0 aromatic heterocycles. The third-order valence-electron chi connectivity index (χ3n) is 2.34. The molecule has 0 amide bonds. The highest BCUT2D eigenvalue weighted by Crippen LogP contribution is 2.31. The Kier molecular flexibility index (Phi) is 4.82. The highest BCUT2D eigenvalue weighted by molar-refractivity contribution is 9.10. The van der Waals surface area contributed by atoms with Gasteiger partial charge in [-0.15, -0.1) is 0 Å². The zero-order chi connectivity index (χ0) is 13.1. The van der Waals surface area contributed by atoms with Crippen molar-refractivity contribution in [2.75, 3.05) is 7.11 Å². The zero-order valence-electron chi connectivity index (χ0n) is 9.22. The number of alkyl halides is 3. The van der Waals surface area contributed by atoms with Crippen molar-refractivity contribution in [3.63, 3.8) is 0 Å². The van der Waals surface area contributed by atoms with Crippen molar-refractivity contribution in [3.8, 4) is 5.75 Å². The SMILES string of the molecule is COc1ccc(Br)c([C@@H](N)CCC(F)(F)F)c1. The molecule has 0 radical (unpaired) electrons. The summed E-state index contributed by atoms with van der Waals surface area (Å²) >= 11 is 3.26. The minimum atomic E-state index is -4.18. The Morgan fingerprint density at radius 2 is 2.06 bits per heavy atom. The maximum Gasteiger partial charge on any atom is 0.389 e. The lowest BCUT2D eigenvalue weighted by atomic mass is 10.0. The van der Waals surface area contributed by atoms with Gasteiger partial charge in [-0.25, -0.2) is 0 Å². The third-order valence-corrected chi connectivity index (χ3v) is 3.06. The first-order chi connectivity index (χ1) is 7.83. The van der Waals surface area contributed by atoms with E-state index in [0.29, 0.717) is 15.8 Å². The second kappa shape index (κ2) is 5.73. The van der Waals surface area contributed by atoms with Gasteiger partial charge < -0.3 is 10.5 Å². The van der Waals surface area contributed by atoms with Gasteiger partial charge in [-0.05, 0) is 30.2 Å². The quantitative estimate of drug-likeness (QED) is 0.918. The molecule has 0 saturated carbocycles. The van der Waals surface area contributed by atoms with Crippen molar-refractivity contribution in [3.05, 3.63) is 28.2 Å². The Bertz CT molecular complexity index is 381. The van der Waals surface area contributed by atoms with Crippen LogP contribution < -0.4 is 10.5 Å². The Morgan fingerprint density at radius 1 is 1.41 bits per heavy atom. The van der Waals surface area contributed by atoms with Crippen LogP contribution in [-0.4, -0.2) is 13.3 Å². The van der Waals surface area contributed by atoms with E-state index in [-0.39, 0.29) is 6.42 Å². The fourth-order valence-electron chi connectivity index (χ4n) is 1.41. The third kappa shape index (κ3) is 4.55. The summed E-state index contributed by atoms with van der Waals surface area (Å²) in [6, 6.07) is 4.40. The number of rotatable bonds is 4. The summed E-state index contributed by atoms with van der Waals surface area (Å²) in [6.07, 6.45) is -5.21. The van der Waals surface area contributed by atoms with Gasteiger partial charge in [0, 0.05) is 16.9 Å². The standard InChI is InChI=1S/C11H13BrF3NO/c1-17-7-2-3-9(12)8(6-7)10(16)4-5-11(13,14)15/h2-3,6,10H,4-5,16H2,1H3/t10-/m0/s1. The predicted molar refractivity (Wildman–Crippen MR) is 62.9 cm³/mol. The van der Waals surface area contributed by atoms with Gasteiger partial charge in [0.05, 0.1) is 7.11 Å². The van der Waals surface area contributed by atoms with Crippen LogP contribution in [0.25, 0.3) is 0 Å². The van der Waals surface area contributed by atoms with Crippen LogP contribution in [0, 0.1) is 0 Å². The minimum absolute atomic E-state index is 0.144. The van der Waals surface area contributed by atoms with E-state index in [4.69, 9.17) is 10.5 Å². The fourth-order valence-corrected chi connectivity index (χ4v) is 1.95. The van der Waals surface area contributed by atoms with E-state index in [1.54, 1.807) is 18.2 Å². The highest BCUT2D eigenvalue weighted by Gasteiger charge is 2.28. The number of halogens is 4. The Balaban J connectivity index is 2.77. The topological polar surface area (TPSA) is 35.2 Å². The van der Waals surface area contributed by atoms with Gasteiger partial charge in [0.25, 0.3) is 0 Å². The molecule has 17 heavy (non-hydrogen) atoms. The van der Waals surface area contributed by atoms with Crippen LogP contribution in [0.5, 0.6) is 5.75 Å². The number of hydrogen-bond donors (Lipinski definition) is 1. The van der Waals surface area contributed by atoms with Crippen molar-refractivity contribution < 1.29 is 17.9 Å². The van der Waals surface area contributed by atoms with Crippen LogP contribution in [0.1, 0.15) is 24.4 Å². The van der Waals surface area contributed by atoms with Gasteiger partial charge in [-0.3, -0.25) is 0 Å². The molecule has 0 aliphatic rings. The fraction of sp³-hybridized carbons (Fsp3) is 0.455. The Morgan fingerprint density at radius 3 is 2.59 bits per heavy atom. The molecule has 0 heterocycles. The van der Waals surface area contributed by atoms with Gasteiger partial charge in [-0.2, -0.15) is 13.2 Å². The average Bonchev–Trinajstić information content (AvgIpc) is 2.25. The minimum Gasteiger partial charge on any atom is -0.497 e. The monoisotopic (exact) mass is 311 g/mol. The molecule has 96 valence electrons. The Labute approximate surface area is 106 Å². The van der Waals surface area contributed by atoms with Gasteiger partial charge in [-0.1, -0.05) is 15.9 Å². The van der Waals surface area contributed by atoms with Crippen LogP contribution in [-0.2, 0) is 0 Å². The molecular weight excluding hydrogens is 299 g/mol. The van der Waals surface area contributed by atoms with E-state index in [0.717, 1.165) is 0 Å². The molecule has 1 rings (SSSR count). The summed E-state index contributed by atoms with van der Waals surface area (Å²) in [6.45, 7) is 0. The molecule has 0 bridgehead atoms. The van der Waals surface area contributed by atoms with Crippen molar-refractivity contribution in [2.45, 2.75) is 25.1 Å². The van der Waals surface area contributed by atoms with Gasteiger partial charge in [0.2, 0.25) is 0 Å². The number of ether oxygens (including phenoxy) is 1. The lowest BCUT2D eigenvalue weighted by Crippen LogP contribution is -2.16. The zero-order valence-corrected chi connectivity index (χ0v) is 10.8. The van der Waals surface area contributed by atoms with Gasteiger partial charge in [0.1, 0.15) is 5.75 Å². The molecule has 0 unspecified atom stereocenters. The normalized spacial score (nSPS) is 13.5. The number of benzene rings is 1. The summed E-state index contributed by atoms with van der Waals surface area (Å²) < 4.78 is 42.0. The first-order valence-corrected chi connectivity index (χ1v) is 5.78. The molecule has 0 aliphatic heterocycles. The van der Waals surface area contributed by atoms with E-state index in [2.05, 4.69) is 15.9 Å².